The lowest BCUT2D eigenvalue weighted by Gasteiger charge is -2.15. The molecule has 0 radical (unpaired) electrons. The number of aryl methyl sites for hydroxylation is 1. The van der Waals surface area contributed by atoms with Gasteiger partial charge in [-0.25, -0.2) is 0 Å². The van der Waals surface area contributed by atoms with Gasteiger partial charge in [-0.2, -0.15) is 26.3 Å². The molecule has 0 atom stereocenters. The number of nitrogens with one attached hydrogen (secondary N) is 1. The fraction of sp³-hybridized carbons (Fsp3) is 0.364. The molecule has 0 bridgehead atoms. The molecule has 0 amide bonds. The number of halogens is 6. The number of para-hydroxylation sites is 1. The Morgan fingerprint density at radius 2 is 1.68 bits per heavy atom. The topological polar surface area (TPSA) is 51.0 Å². The number of aromatic amines is 1. The molecule has 2 aromatic carbocycles. The highest BCUT2D eigenvalue weighted by Gasteiger charge is 2.39. The molecule has 3 aromatic rings. The number of H-pyrrole nitrogens is 1. The second-order valence-electron chi connectivity index (χ2n) is 7.10. The summed E-state index contributed by atoms with van der Waals surface area (Å²) in [6.07, 6.45) is -8.59. The minimum atomic E-state index is -4.96. The van der Waals surface area contributed by atoms with E-state index < -0.39 is 23.5 Å². The highest BCUT2D eigenvalue weighted by Crippen LogP contribution is 2.45. The maximum Gasteiger partial charge on any atom is 0.417 e. The van der Waals surface area contributed by atoms with E-state index in [4.69, 9.17) is 10.5 Å². The van der Waals surface area contributed by atoms with Gasteiger partial charge >= 0.3 is 12.4 Å². The Labute approximate surface area is 175 Å². The number of aromatic nitrogens is 1. The predicted octanol–water partition coefficient (Wildman–Crippen LogP) is 6.55. The smallest absolute Gasteiger partial charge is 0.417 e. The molecule has 1 heterocycles. The number of alkyl halides is 6. The monoisotopic (exact) mass is 444 g/mol. The Morgan fingerprint density at radius 1 is 0.968 bits per heavy atom. The molecule has 9 heteroatoms. The molecule has 0 fully saturated rings. The van der Waals surface area contributed by atoms with Crippen LogP contribution in [0.15, 0.2) is 36.4 Å². The minimum absolute atomic E-state index is 0.181. The van der Waals surface area contributed by atoms with Crippen molar-refractivity contribution in [2.45, 2.75) is 38.5 Å². The summed E-state index contributed by atoms with van der Waals surface area (Å²) >= 11 is 0. The maximum atomic E-state index is 13.8. The van der Waals surface area contributed by atoms with Crippen molar-refractivity contribution >= 4 is 10.9 Å². The van der Waals surface area contributed by atoms with Crippen LogP contribution >= 0.6 is 0 Å². The summed E-state index contributed by atoms with van der Waals surface area (Å²) in [5.41, 5.74) is 3.76. The van der Waals surface area contributed by atoms with Crippen LogP contribution in [0.2, 0.25) is 0 Å². The fourth-order valence-electron chi connectivity index (χ4n) is 3.67. The second-order valence-corrected chi connectivity index (χ2v) is 7.10. The Morgan fingerprint density at radius 3 is 2.29 bits per heavy atom. The van der Waals surface area contributed by atoms with E-state index >= 15 is 0 Å². The van der Waals surface area contributed by atoms with E-state index in [0.29, 0.717) is 48.6 Å². The van der Waals surface area contributed by atoms with Crippen molar-refractivity contribution in [3.8, 4) is 17.0 Å². The third kappa shape index (κ3) is 4.81. The Hall–Kier alpha value is -2.68. The number of unbranched alkanes of at least 4 members (excludes halogenated alkanes) is 1. The zero-order chi connectivity index (χ0) is 22.8. The van der Waals surface area contributed by atoms with Gasteiger partial charge in [-0.05, 0) is 62.6 Å². The number of ether oxygens (including phenoxy) is 1. The van der Waals surface area contributed by atoms with Gasteiger partial charge in [0.15, 0.2) is 0 Å². The van der Waals surface area contributed by atoms with Crippen LogP contribution in [-0.2, 0) is 18.8 Å². The van der Waals surface area contributed by atoms with E-state index in [0.717, 1.165) is 6.07 Å². The normalized spacial score (nSPS) is 12.5. The maximum absolute atomic E-state index is 13.8. The highest BCUT2D eigenvalue weighted by molar-refractivity contribution is 5.95. The number of nitrogens with two attached hydrogens (primary N) is 1. The fourth-order valence-corrected chi connectivity index (χ4v) is 3.67. The standard InChI is InChI=1S/C22H22F6N2O/c1-2-31-18-9-4-3-7-14(18)20-15(8-5-6-10-29)19-16(22(26,27)28)11-13(21(23,24)25)12-17(19)30-20/h3-4,7,9,11-12,30H,2,5-6,8,10,29H2,1H3. The first-order valence-electron chi connectivity index (χ1n) is 9.83. The Balaban J connectivity index is 2.36. The quantitative estimate of drug-likeness (QED) is 0.321. The van der Waals surface area contributed by atoms with Crippen LogP contribution in [0, 0.1) is 0 Å². The van der Waals surface area contributed by atoms with Crippen molar-refractivity contribution in [2.24, 2.45) is 5.73 Å². The molecule has 3 rings (SSSR count). The van der Waals surface area contributed by atoms with Crippen molar-refractivity contribution < 1.29 is 31.1 Å². The molecule has 0 aliphatic heterocycles. The summed E-state index contributed by atoms with van der Waals surface area (Å²) in [7, 11) is 0. The highest BCUT2D eigenvalue weighted by atomic mass is 19.4. The predicted molar refractivity (Wildman–Crippen MR) is 107 cm³/mol. The summed E-state index contributed by atoms with van der Waals surface area (Å²) in [6, 6.07) is 7.65. The third-order valence-corrected chi connectivity index (χ3v) is 4.97. The van der Waals surface area contributed by atoms with Crippen molar-refractivity contribution in [3.63, 3.8) is 0 Å². The van der Waals surface area contributed by atoms with Crippen LogP contribution in [0.25, 0.3) is 22.2 Å². The molecule has 0 aliphatic rings. The van der Waals surface area contributed by atoms with E-state index in [-0.39, 0.29) is 23.4 Å². The van der Waals surface area contributed by atoms with Crippen molar-refractivity contribution in [3.05, 3.63) is 53.1 Å². The number of rotatable bonds is 7. The molecular weight excluding hydrogens is 422 g/mol. The summed E-state index contributed by atoms with van der Waals surface area (Å²) < 4.78 is 87.1. The molecule has 0 aliphatic carbocycles. The van der Waals surface area contributed by atoms with Crippen LogP contribution < -0.4 is 10.5 Å². The molecule has 168 valence electrons. The van der Waals surface area contributed by atoms with Gasteiger partial charge in [0.1, 0.15) is 5.75 Å². The van der Waals surface area contributed by atoms with Crippen molar-refractivity contribution in [1.82, 2.24) is 4.98 Å². The third-order valence-electron chi connectivity index (χ3n) is 4.97. The van der Waals surface area contributed by atoms with Gasteiger partial charge in [-0.15, -0.1) is 0 Å². The van der Waals surface area contributed by atoms with Gasteiger partial charge in [0.25, 0.3) is 0 Å². The molecule has 0 unspecified atom stereocenters. The Kier molecular flexibility index (Phi) is 6.54. The first kappa shape index (κ1) is 23.0. The number of hydrogen-bond acceptors (Lipinski definition) is 2. The van der Waals surface area contributed by atoms with Gasteiger partial charge in [0, 0.05) is 16.5 Å². The molecule has 3 nitrogen and oxygen atoms in total. The average Bonchev–Trinajstić information content (AvgIpc) is 3.05. The van der Waals surface area contributed by atoms with Gasteiger partial charge < -0.3 is 15.5 Å². The van der Waals surface area contributed by atoms with Crippen LogP contribution in [0.4, 0.5) is 26.3 Å². The largest absolute Gasteiger partial charge is 0.493 e. The lowest BCUT2D eigenvalue weighted by Crippen LogP contribution is -2.11. The average molecular weight is 444 g/mol. The summed E-state index contributed by atoms with van der Waals surface area (Å²) in [4.78, 5) is 2.82. The van der Waals surface area contributed by atoms with Gasteiger partial charge in [-0.3, -0.25) is 0 Å². The molecule has 0 saturated heterocycles. The molecular formula is C22H22F6N2O. The van der Waals surface area contributed by atoms with Crippen LogP contribution in [0.5, 0.6) is 5.75 Å². The van der Waals surface area contributed by atoms with Gasteiger partial charge in [0.05, 0.1) is 23.4 Å². The zero-order valence-electron chi connectivity index (χ0n) is 16.8. The second kappa shape index (κ2) is 8.82. The van der Waals surface area contributed by atoms with E-state index in [1.807, 2.05) is 0 Å². The van der Waals surface area contributed by atoms with E-state index in [9.17, 15) is 26.3 Å². The van der Waals surface area contributed by atoms with Crippen LogP contribution in [-0.4, -0.2) is 18.1 Å². The summed E-state index contributed by atoms with van der Waals surface area (Å²) in [5, 5.41) is -0.251. The molecule has 3 N–H and O–H groups in total. The SMILES string of the molecule is CCOc1ccccc1-c1[nH]c2cc(C(F)(F)F)cc(C(F)(F)F)c2c1CCCCN. The minimum Gasteiger partial charge on any atom is -0.493 e. The van der Waals surface area contributed by atoms with Crippen LogP contribution in [0.3, 0.4) is 0 Å². The van der Waals surface area contributed by atoms with E-state index in [2.05, 4.69) is 4.98 Å². The van der Waals surface area contributed by atoms with Gasteiger partial charge in [0.2, 0.25) is 0 Å². The molecule has 0 spiro atoms. The molecule has 1 aromatic heterocycles. The number of fused-ring (bicyclic) bond motifs is 1. The zero-order valence-corrected chi connectivity index (χ0v) is 16.8. The van der Waals surface area contributed by atoms with Crippen LogP contribution in [0.1, 0.15) is 36.5 Å². The Bertz CT molecular complexity index is 1050. The summed E-state index contributed by atoms with van der Waals surface area (Å²) in [5.74, 6) is 0.432. The van der Waals surface area contributed by atoms with Gasteiger partial charge in [-0.1, -0.05) is 12.1 Å². The van der Waals surface area contributed by atoms with Crippen molar-refractivity contribution in [1.29, 1.82) is 0 Å². The first-order chi connectivity index (χ1) is 14.6. The lowest BCUT2D eigenvalue weighted by molar-refractivity contribution is -0.142. The lowest BCUT2D eigenvalue weighted by atomic mass is 9.95. The van der Waals surface area contributed by atoms with Crippen molar-refractivity contribution in [2.75, 3.05) is 13.2 Å². The number of hydrogen-bond donors (Lipinski definition) is 2. The van der Waals surface area contributed by atoms with E-state index in [1.165, 1.54) is 0 Å². The first-order valence-corrected chi connectivity index (χ1v) is 9.83. The molecule has 0 saturated carbocycles. The molecule has 31 heavy (non-hydrogen) atoms. The van der Waals surface area contributed by atoms with E-state index in [1.54, 1.807) is 31.2 Å². The summed E-state index contributed by atoms with van der Waals surface area (Å²) in [6.45, 7) is 2.45. The number of benzene rings is 2.